The minimum atomic E-state index is -1.68. The Morgan fingerprint density at radius 1 is 0.806 bits per heavy atom. The number of benzene rings is 3. The van der Waals surface area contributed by atoms with Gasteiger partial charge in [-0.1, -0.05) is 49.6 Å². The lowest BCUT2D eigenvalue weighted by molar-refractivity contribution is -0.120. The quantitative estimate of drug-likeness (QED) is 0.198. The molecular formula is C27H24F4N2O2S. The van der Waals surface area contributed by atoms with Crippen molar-refractivity contribution in [2.45, 2.75) is 42.2 Å². The highest BCUT2D eigenvalue weighted by Gasteiger charge is 2.27. The summed E-state index contributed by atoms with van der Waals surface area (Å²) in [5, 5.41) is 3.94. The van der Waals surface area contributed by atoms with E-state index in [9.17, 15) is 27.2 Å². The first-order valence-electron chi connectivity index (χ1n) is 11.6. The second-order valence-electron chi connectivity index (χ2n) is 8.59. The molecule has 1 aliphatic rings. The molecule has 1 aliphatic carbocycles. The van der Waals surface area contributed by atoms with Gasteiger partial charge in [0.05, 0.1) is 0 Å². The highest BCUT2D eigenvalue weighted by Crippen LogP contribution is 2.37. The maximum atomic E-state index is 14.1. The van der Waals surface area contributed by atoms with Crippen molar-refractivity contribution in [2.75, 3.05) is 10.6 Å². The summed E-state index contributed by atoms with van der Waals surface area (Å²) in [6.07, 6.45) is 5.01. The lowest BCUT2D eigenvalue weighted by atomic mass is 9.88. The van der Waals surface area contributed by atoms with Crippen molar-refractivity contribution in [3.63, 3.8) is 0 Å². The maximum Gasteiger partial charge on any atom is 0.242 e. The summed E-state index contributed by atoms with van der Waals surface area (Å²) >= 11 is 1.09. The Morgan fingerprint density at radius 2 is 1.42 bits per heavy atom. The normalized spacial score (nSPS) is 14.8. The number of carbonyl (C=O) groups is 2. The molecule has 0 aromatic heterocycles. The molecule has 2 amide bonds. The third-order valence-corrected chi connectivity index (χ3v) is 7.32. The van der Waals surface area contributed by atoms with Gasteiger partial charge >= 0.3 is 0 Å². The first-order valence-corrected chi connectivity index (χ1v) is 12.5. The minimum absolute atomic E-state index is 0.00686. The van der Waals surface area contributed by atoms with Crippen LogP contribution in [0.15, 0.2) is 65.6 Å². The van der Waals surface area contributed by atoms with Crippen LogP contribution in [-0.4, -0.2) is 11.8 Å². The molecule has 4 rings (SSSR count). The van der Waals surface area contributed by atoms with Gasteiger partial charge in [-0.05, 0) is 42.7 Å². The Morgan fingerprint density at radius 3 is 2.03 bits per heavy atom. The number of hydrogen-bond donors (Lipinski definition) is 2. The standard InChI is InChI=1S/C27H24F4N2O2S/c28-20-15-21(29)23(31)24(22(20)30)33-27(35)25(16-7-3-1-4-8-16)36-19-13-11-18(12-14-19)32-26(34)17-9-5-2-6-10-17/h1,3-4,7-8,11-15,17,25H,2,5-6,9-10H2,(H,32,34)(H,33,35). The number of anilines is 2. The van der Waals surface area contributed by atoms with Gasteiger partial charge in [0.1, 0.15) is 10.9 Å². The highest BCUT2D eigenvalue weighted by atomic mass is 32.2. The highest BCUT2D eigenvalue weighted by molar-refractivity contribution is 8.00. The maximum absolute atomic E-state index is 14.1. The van der Waals surface area contributed by atoms with Gasteiger partial charge in [0.25, 0.3) is 0 Å². The molecule has 36 heavy (non-hydrogen) atoms. The summed E-state index contributed by atoms with van der Waals surface area (Å²) in [7, 11) is 0. The molecule has 3 aromatic carbocycles. The molecule has 188 valence electrons. The van der Waals surface area contributed by atoms with Gasteiger partial charge in [-0.15, -0.1) is 11.8 Å². The topological polar surface area (TPSA) is 58.2 Å². The molecule has 3 aromatic rings. The summed E-state index contributed by atoms with van der Waals surface area (Å²) in [6, 6.07) is 15.4. The van der Waals surface area contributed by atoms with Crippen LogP contribution in [0, 0.1) is 29.2 Å². The summed E-state index contributed by atoms with van der Waals surface area (Å²) in [5.74, 6) is -7.45. The van der Waals surface area contributed by atoms with Crippen molar-refractivity contribution >= 4 is 35.0 Å². The number of thioether (sulfide) groups is 1. The summed E-state index contributed by atoms with van der Waals surface area (Å²) in [4.78, 5) is 26.2. The van der Waals surface area contributed by atoms with Crippen LogP contribution in [-0.2, 0) is 9.59 Å². The van der Waals surface area contributed by atoms with Crippen molar-refractivity contribution in [3.05, 3.63) is 89.5 Å². The predicted octanol–water partition coefficient (Wildman–Crippen LogP) is 7.23. The van der Waals surface area contributed by atoms with Gasteiger partial charge in [0.15, 0.2) is 23.3 Å². The Balaban J connectivity index is 1.51. The van der Waals surface area contributed by atoms with Crippen molar-refractivity contribution in [2.24, 2.45) is 5.92 Å². The second-order valence-corrected chi connectivity index (χ2v) is 9.77. The molecule has 2 N–H and O–H groups in total. The lowest BCUT2D eigenvalue weighted by Gasteiger charge is -2.21. The summed E-state index contributed by atoms with van der Waals surface area (Å²) < 4.78 is 55.5. The van der Waals surface area contributed by atoms with Gasteiger partial charge in [-0.2, -0.15) is 0 Å². The number of rotatable bonds is 7. The molecule has 1 atom stereocenters. The number of nitrogens with one attached hydrogen (secondary N) is 2. The molecule has 0 spiro atoms. The fraction of sp³-hybridized carbons (Fsp3) is 0.259. The number of hydrogen-bond acceptors (Lipinski definition) is 3. The lowest BCUT2D eigenvalue weighted by Crippen LogP contribution is -2.24. The van der Waals surface area contributed by atoms with E-state index in [4.69, 9.17) is 0 Å². The molecule has 1 saturated carbocycles. The first kappa shape index (κ1) is 25.8. The Hall–Kier alpha value is -3.33. The molecule has 0 saturated heterocycles. The van der Waals surface area contributed by atoms with E-state index in [1.807, 2.05) is 5.32 Å². The van der Waals surface area contributed by atoms with Gasteiger partial charge in [-0.25, -0.2) is 17.6 Å². The molecule has 0 bridgehead atoms. The van der Waals surface area contributed by atoms with Crippen molar-refractivity contribution in [3.8, 4) is 0 Å². The van der Waals surface area contributed by atoms with Crippen LogP contribution in [0.25, 0.3) is 0 Å². The average Bonchev–Trinajstić information content (AvgIpc) is 2.90. The molecule has 1 fully saturated rings. The van der Waals surface area contributed by atoms with E-state index in [0.717, 1.165) is 43.9 Å². The Labute approximate surface area is 210 Å². The fourth-order valence-corrected chi connectivity index (χ4v) is 5.16. The Bertz CT molecular complexity index is 1210. The molecule has 0 aliphatic heterocycles. The van der Waals surface area contributed by atoms with E-state index in [-0.39, 0.29) is 17.9 Å². The monoisotopic (exact) mass is 516 g/mol. The number of carbonyl (C=O) groups excluding carboxylic acids is 2. The third kappa shape index (κ3) is 6.07. The van der Waals surface area contributed by atoms with Crippen LogP contribution in [0.4, 0.5) is 28.9 Å². The third-order valence-electron chi connectivity index (χ3n) is 6.05. The smallest absolute Gasteiger partial charge is 0.242 e. The van der Waals surface area contributed by atoms with Gasteiger partial charge in [0.2, 0.25) is 11.8 Å². The van der Waals surface area contributed by atoms with E-state index < -0.39 is 40.1 Å². The van der Waals surface area contributed by atoms with Crippen LogP contribution < -0.4 is 10.6 Å². The molecule has 4 nitrogen and oxygen atoms in total. The van der Waals surface area contributed by atoms with E-state index >= 15 is 0 Å². The zero-order valence-electron chi connectivity index (χ0n) is 19.2. The zero-order valence-corrected chi connectivity index (χ0v) is 20.0. The molecule has 0 radical (unpaired) electrons. The molecular weight excluding hydrogens is 492 g/mol. The average molecular weight is 517 g/mol. The minimum Gasteiger partial charge on any atom is -0.326 e. The van der Waals surface area contributed by atoms with Crippen molar-refractivity contribution in [1.29, 1.82) is 0 Å². The van der Waals surface area contributed by atoms with Crippen LogP contribution in [0.2, 0.25) is 0 Å². The van der Waals surface area contributed by atoms with Crippen molar-refractivity contribution in [1.82, 2.24) is 0 Å². The SMILES string of the molecule is O=C(Nc1ccc(SC(C(=O)Nc2c(F)c(F)cc(F)c2F)c2ccccc2)cc1)C1CCCCC1. The van der Waals surface area contributed by atoms with Gasteiger partial charge in [-0.3, -0.25) is 9.59 Å². The van der Waals surface area contributed by atoms with E-state index in [1.165, 1.54) is 0 Å². The van der Waals surface area contributed by atoms with Crippen LogP contribution in [0.3, 0.4) is 0 Å². The summed E-state index contributed by atoms with van der Waals surface area (Å²) in [6.45, 7) is 0. The van der Waals surface area contributed by atoms with E-state index in [0.29, 0.717) is 16.1 Å². The van der Waals surface area contributed by atoms with Gasteiger partial charge in [0, 0.05) is 22.6 Å². The van der Waals surface area contributed by atoms with Crippen molar-refractivity contribution < 1.29 is 27.2 Å². The first-order chi connectivity index (χ1) is 17.3. The number of amides is 2. The van der Waals surface area contributed by atoms with Crippen LogP contribution in [0.1, 0.15) is 42.9 Å². The van der Waals surface area contributed by atoms with Crippen LogP contribution in [0.5, 0.6) is 0 Å². The van der Waals surface area contributed by atoms with Gasteiger partial charge < -0.3 is 10.6 Å². The predicted molar refractivity (Wildman–Crippen MR) is 132 cm³/mol. The van der Waals surface area contributed by atoms with Crippen LogP contribution >= 0.6 is 11.8 Å². The summed E-state index contributed by atoms with van der Waals surface area (Å²) in [5.41, 5.74) is -0.0396. The molecule has 1 unspecified atom stereocenters. The fourth-order valence-electron chi connectivity index (χ4n) is 4.13. The molecule has 0 heterocycles. The Kier molecular flexibility index (Phi) is 8.30. The largest absolute Gasteiger partial charge is 0.326 e. The van der Waals surface area contributed by atoms with E-state index in [2.05, 4.69) is 5.32 Å². The van der Waals surface area contributed by atoms with E-state index in [1.54, 1.807) is 54.6 Å². The second kappa shape index (κ2) is 11.6. The number of halogens is 4. The zero-order chi connectivity index (χ0) is 25.7. The molecule has 9 heteroatoms.